The minimum absolute atomic E-state index is 0.00233. The molecule has 0 bridgehead atoms. The highest BCUT2D eigenvalue weighted by molar-refractivity contribution is 4.93. The average Bonchev–Trinajstić information content (AvgIpc) is 2.66. The molecule has 0 aromatic heterocycles. The molecule has 3 fully saturated rings. The van der Waals surface area contributed by atoms with Crippen molar-refractivity contribution in [3.8, 4) is 0 Å². The van der Waals surface area contributed by atoms with E-state index in [1.807, 2.05) is 6.92 Å². The summed E-state index contributed by atoms with van der Waals surface area (Å²) in [5.41, 5.74) is 0. The Kier molecular flexibility index (Phi) is 7.35. The van der Waals surface area contributed by atoms with E-state index in [2.05, 4.69) is 6.92 Å². The minimum Gasteiger partial charge on any atom is -0.378 e. The van der Waals surface area contributed by atoms with E-state index in [4.69, 9.17) is 9.47 Å². The number of alkyl halides is 2. The zero-order valence-corrected chi connectivity index (χ0v) is 16.8. The predicted molar refractivity (Wildman–Crippen MR) is 101 cm³/mol. The number of methoxy groups -OCH3 is 1. The van der Waals surface area contributed by atoms with Crippen LogP contribution < -0.4 is 0 Å². The fourth-order valence-electron chi connectivity index (χ4n) is 5.64. The fourth-order valence-corrected chi connectivity index (χ4v) is 5.64. The molecule has 0 aliphatic heterocycles. The van der Waals surface area contributed by atoms with Crippen molar-refractivity contribution in [2.75, 3.05) is 13.7 Å². The highest BCUT2D eigenvalue weighted by Crippen LogP contribution is 2.41. The summed E-state index contributed by atoms with van der Waals surface area (Å²) in [6.07, 6.45) is 6.75. The monoisotopic (exact) mass is 372 g/mol. The third kappa shape index (κ3) is 4.79. The van der Waals surface area contributed by atoms with E-state index in [9.17, 15) is 8.78 Å². The Morgan fingerprint density at radius 3 is 1.96 bits per heavy atom. The first-order valence-corrected chi connectivity index (χ1v) is 10.9. The average molecular weight is 373 g/mol. The second kappa shape index (κ2) is 9.32. The first-order chi connectivity index (χ1) is 12.5. The molecule has 0 aromatic rings. The summed E-state index contributed by atoms with van der Waals surface area (Å²) in [4.78, 5) is 0. The molecule has 0 saturated heterocycles. The molecule has 3 aliphatic carbocycles. The Hall–Kier alpha value is -0.220. The van der Waals surface area contributed by atoms with Gasteiger partial charge in [0.25, 0.3) is 0 Å². The standard InChI is InChI=1S/C22H38F2O2/c1-14-4-8-17(9-5-14)18-10-6-16(7-11-18)13-26-22-15(2)12-19(25-3)20(23)21(22)24/h14-22H,4-13H2,1-3H3. The molecule has 0 amide bonds. The van der Waals surface area contributed by atoms with Gasteiger partial charge in [0, 0.05) is 13.7 Å². The summed E-state index contributed by atoms with van der Waals surface area (Å²) in [6, 6.07) is 0. The van der Waals surface area contributed by atoms with E-state index in [0.717, 1.165) is 17.8 Å². The van der Waals surface area contributed by atoms with E-state index in [-0.39, 0.29) is 5.92 Å². The molecular formula is C22H38F2O2. The zero-order valence-electron chi connectivity index (χ0n) is 16.8. The van der Waals surface area contributed by atoms with Gasteiger partial charge in [-0.25, -0.2) is 8.78 Å². The van der Waals surface area contributed by atoms with Crippen LogP contribution in [0.3, 0.4) is 0 Å². The summed E-state index contributed by atoms with van der Waals surface area (Å²) in [5, 5.41) is 0. The van der Waals surface area contributed by atoms with Crippen LogP contribution in [0.4, 0.5) is 8.78 Å². The van der Waals surface area contributed by atoms with E-state index >= 15 is 0 Å². The van der Waals surface area contributed by atoms with Crippen LogP contribution in [0.15, 0.2) is 0 Å². The molecule has 0 heterocycles. The number of hydrogen-bond donors (Lipinski definition) is 0. The number of halogens is 2. The molecule has 0 aromatic carbocycles. The van der Waals surface area contributed by atoms with Crippen LogP contribution in [0.5, 0.6) is 0 Å². The van der Waals surface area contributed by atoms with Gasteiger partial charge in [-0.05, 0) is 74.5 Å². The van der Waals surface area contributed by atoms with Crippen molar-refractivity contribution in [2.24, 2.45) is 29.6 Å². The van der Waals surface area contributed by atoms with Crippen molar-refractivity contribution in [2.45, 2.75) is 96.2 Å². The van der Waals surface area contributed by atoms with Crippen LogP contribution >= 0.6 is 0 Å². The van der Waals surface area contributed by atoms with Gasteiger partial charge in [-0.1, -0.05) is 26.7 Å². The van der Waals surface area contributed by atoms with Crippen LogP contribution in [-0.2, 0) is 9.47 Å². The Morgan fingerprint density at radius 1 is 0.808 bits per heavy atom. The van der Waals surface area contributed by atoms with Crippen LogP contribution in [0.2, 0.25) is 0 Å². The smallest absolute Gasteiger partial charge is 0.160 e. The highest BCUT2D eigenvalue weighted by Gasteiger charge is 2.45. The van der Waals surface area contributed by atoms with Gasteiger partial charge in [0.15, 0.2) is 12.3 Å². The Bertz CT molecular complexity index is 416. The maximum atomic E-state index is 14.4. The third-order valence-electron chi connectivity index (χ3n) is 7.58. The Morgan fingerprint density at radius 2 is 1.38 bits per heavy atom. The lowest BCUT2D eigenvalue weighted by molar-refractivity contribution is -0.138. The molecule has 5 atom stereocenters. The molecule has 5 unspecified atom stereocenters. The lowest BCUT2D eigenvalue weighted by atomic mass is 9.69. The molecule has 2 nitrogen and oxygen atoms in total. The SMILES string of the molecule is COC1CC(C)C(OCC2CCC(C3CCC(C)CC3)CC2)C(F)C1F. The van der Waals surface area contributed by atoms with Crippen molar-refractivity contribution in [1.82, 2.24) is 0 Å². The summed E-state index contributed by atoms with van der Waals surface area (Å²) >= 11 is 0. The van der Waals surface area contributed by atoms with Gasteiger partial charge < -0.3 is 9.47 Å². The van der Waals surface area contributed by atoms with Crippen LogP contribution in [0, 0.1) is 29.6 Å². The van der Waals surface area contributed by atoms with Crippen LogP contribution in [0.1, 0.15) is 71.6 Å². The molecule has 0 N–H and O–H groups in total. The second-order valence-corrected chi connectivity index (χ2v) is 9.47. The molecular weight excluding hydrogens is 334 g/mol. The predicted octanol–water partition coefficient (Wildman–Crippen LogP) is 5.74. The lowest BCUT2D eigenvalue weighted by Crippen LogP contribution is -2.50. The minimum atomic E-state index is -1.57. The molecule has 152 valence electrons. The maximum Gasteiger partial charge on any atom is 0.160 e. The van der Waals surface area contributed by atoms with E-state index < -0.39 is 24.6 Å². The first-order valence-electron chi connectivity index (χ1n) is 10.9. The van der Waals surface area contributed by atoms with Crippen molar-refractivity contribution < 1.29 is 18.3 Å². The van der Waals surface area contributed by atoms with Crippen molar-refractivity contribution in [3.63, 3.8) is 0 Å². The summed E-state index contributed by atoms with van der Waals surface area (Å²) in [5.74, 6) is 3.26. The molecule has 26 heavy (non-hydrogen) atoms. The molecule has 3 saturated carbocycles. The number of hydrogen-bond acceptors (Lipinski definition) is 2. The lowest BCUT2D eigenvalue weighted by Gasteiger charge is -2.40. The fraction of sp³-hybridized carbons (Fsp3) is 1.00. The third-order valence-corrected chi connectivity index (χ3v) is 7.58. The van der Waals surface area contributed by atoms with E-state index in [0.29, 0.717) is 18.9 Å². The van der Waals surface area contributed by atoms with Gasteiger partial charge in [-0.3, -0.25) is 0 Å². The van der Waals surface area contributed by atoms with Crippen molar-refractivity contribution >= 4 is 0 Å². The largest absolute Gasteiger partial charge is 0.378 e. The highest BCUT2D eigenvalue weighted by atomic mass is 19.2. The quantitative estimate of drug-likeness (QED) is 0.613. The topological polar surface area (TPSA) is 18.5 Å². The number of rotatable bonds is 5. The van der Waals surface area contributed by atoms with Crippen molar-refractivity contribution in [1.29, 1.82) is 0 Å². The van der Waals surface area contributed by atoms with Gasteiger partial charge in [-0.15, -0.1) is 0 Å². The zero-order chi connectivity index (χ0) is 18.7. The normalized spacial score (nSPS) is 47.7. The molecule has 0 radical (unpaired) electrons. The number of ether oxygens (including phenoxy) is 2. The van der Waals surface area contributed by atoms with Crippen LogP contribution in [-0.4, -0.2) is 38.3 Å². The van der Waals surface area contributed by atoms with Gasteiger partial charge in [0.1, 0.15) is 0 Å². The van der Waals surface area contributed by atoms with E-state index in [1.54, 1.807) is 0 Å². The van der Waals surface area contributed by atoms with E-state index in [1.165, 1.54) is 58.5 Å². The summed E-state index contributed by atoms with van der Waals surface area (Å²) in [6.45, 7) is 4.93. The first kappa shape index (κ1) is 20.5. The molecule has 4 heteroatoms. The Balaban J connectivity index is 1.41. The van der Waals surface area contributed by atoms with Gasteiger partial charge in [0.2, 0.25) is 0 Å². The van der Waals surface area contributed by atoms with Gasteiger partial charge >= 0.3 is 0 Å². The maximum absolute atomic E-state index is 14.4. The molecule has 3 rings (SSSR count). The molecule has 0 spiro atoms. The molecule has 3 aliphatic rings. The van der Waals surface area contributed by atoms with Gasteiger partial charge in [-0.2, -0.15) is 0 Å². The second-order valence-electron chi connectivity index (χ2n) is 9.47. The van der Waals surface area contributed by atoms with Crippen molar-refractivity contribution in [3.05, 3.63) is 0 Å². The Labute approximate surface area is 158 Å². The van der Waals surface area contributed by atoms with Gasteiger partial charge in [0.05, 0.1) is 12.2 Å². The summed E-state index contributed by atoms with van der Waals surface area (Å²) in [7, 11) is 1.46. The summed E-state index contributed by atoms with van der Waals surface area (Å²) < 4.78 is 39.6. The van der Waals surface area contributed by atoms with Crippen LogP contribution in [0.25, 0.3) is 0 Å².